The lowest BCUT2D eigenvalue weighted by Crippen LogP contribution is -2.22. The van der Waals surface area contributed by atoms with E-state index in [2.05, 4.69) is 30.9 Å². The van der Waals surface area contributed by atoms with Crippen molar-refractivity contribution < 1.29 is 4.39 Å². The van der Waals surface area contributed by atoms with Crippen LogP contribution in [-0.4, -0.2) is 30.2 Å². The first-order valence-corrected chi connectivity index (χ1v) is 10.5. The summed E-state index contributed by atoms with van der Waals surface area (Å²) in [6.07, 6.45) is 6.66. The van der Waals surface area contributed by atoms with Crippen LogP contribution in [0.3, 0.4) is 0 Å². The fourth-order valence-electron chi connectivity index (χ4n) is 3.73. The van der Waals surface area contributed by atoms with E-state index in [0.29, 0.717) is 23.5 Å². The predicted octanol–water partition coefficient (Wildman–Crippen LogP) is 3.60. The molecule has 1 aliphatic rings. The van der Waals surface area contributed by atoms with Crippen LogP contribution in [0, 0.1) is 12.7 Å². The minimum Gasteiger partial charge on any atom is -0.335 e. The molecule has 2 N–H and O–H groups in total. The van der Waals surface area contributed by atoms with E-state index in [1.54, 1.807) is 23.0 Å². The number of aromatic nitrogens is 6. The molecule has 2 heterocycles. The van der Waals surface area contributed by atoms with E-state index in [4.69, 9.17) is 0 Å². The fraction of sp³-hybridized carbons (Fsp3) is 0.261. The first-order valence-electron chi connectivity index (χ1n) is 10.5. The number of hydrogen-bond donors (Lipinski definition) is 2. The lowest BCUT2D eigenvalue weighted by Gasteiger charge is -2.13. The highest BCUT2D eigenvalue weighted by Gasteiger charge is 2.27. The zero-order chi connectivity index (χ0) is 22.1. The molecule has 0 spiro atoms. The molecule has 0 radical (unpaired) electrons. The normalized spacial score (nSPS) is 13.3. The standard InChI is InChI=1S/C23H22FN7O/c1-14-12-19(24)18(16-5-6-16)13-20(14)26-22-23(32)31(11-10-25-22)17-7-2-15(3-8-17)4-9-21-27-29-30-28-21/h2-3,7-8,10-13,16H,4-6,9H2,1H3,(H,25,26)(H,27,28,29,30). The van der Waals surface area contributed by atoms with Crippen LogP contribution in [0.5, 0.6) is 0 Å². The summed E-state index contributed by atoms with van der Waals surface area (Å²) in [4.78, 5) is 17.3. The second kappa shape index (κ2) is 8.33. The Labute approximate surface area is 183 Å². The number of aryl methyl sites for hydroxylation is 3. The molecule has 1 fully saturated rings. The molecule has 0 amide bonds. The van der Waals surface area contributed by atoms with Crippen LogP contribution >= 0.6 is 0 Å². The molecule has 2 aromatic heterocycles. The van der Waals surface area contributed by atoms with Crippen LogP contribution < -0.4 is 10.9 Å². The molecule has 1 aliphatic carbocycles. The van der Waals surface area contributed by atoms with E-state index in [1.807, 2.05) is 31.2 Å². The Balaban J connectivity index is 1.37. The van der Waals surface area contributed by atoms with Crippen molar-refractivity contribution in [3.05, 3.63) is 87.5 Å². The zero-order valence-corrected chi connectivity index (χ0v) is 17.5. The molecule has 1 saturated carbocycles. The number of halogens is 1. The fourth-order valence-corrected chi connectivity index (χ4v) is 3.73. The number of aromatic amines is 1. The van der Waals surface area contributed by atoms with Gasteiger partial charge in [0.05, 0.1) is 0 Å². The Kier molecular flexibility index (Phi) is 5.22. The Hall–Kier alpha value is -3.88. The maximum atomic E-state index is 14.3. The lowest BCUT2D eigenvalue weighted by atomic mass is 10.1. The quantitative estimate of drug-likeness (QED) is 0.464. The molecule has 5 rings (SSSR count). The molecule has 0 aliphatic heterocycles. The van der Waals surface area contributed by atoms with Crippen molar-refractivity contribution in [3.8, 4) is 5.69 Å². The number of anilines is 2. The number of hydrogen-bond acceptors (Lipinski definition) is 6. The molecule has 162 valence electrons. The van der Waals surface area contributed by atoms with E-state index in [9.17, 15) is 9.18 Å². The second-order valence-electron chi connectivity index (χ2n) is 8.03. The summed E-state index contributed by atoms with van der Waals surface area (Å²) in [5.74, 6) is 0.949. The Morgan fingerprint density at radius 3 is 2.72 bits per heavy atom. The van der Waals surface area contributed by atoms with Gasteiger partial charge in [-0.3, -0.25) is 9.36 Å². The monoisotopic (exact) mass is 431 g/mol. The Morgan fingerprint density at radius 1 is 1.19 bits per heavy atom. The summed E-state index contributed by atoms with van der Waals surface area (Å²) in [5, 5.41) is 17.0. The average molecular weight is 431 g/mol. The molecule has 0 saturated heterocycles. The highest BCUT2D eigenvalue weighted by molar-refractivity contribution is 5.62. The molecular weight excluding hydrogens is 409 g/mol. The van der Waals surface area contributed by atoms with Crippen molar-refractivity contribution in [1.82, 2.24) is 30.2 Å². The van der Waals surface area contributed by atoms with Crippen LogP contribution in [0.2, 0.25) is 0 Å². The number of H-pyrrole nitrogens is 1. The van der Waals surface area contributed by atoms with Gasteiger partial charge in [0.2, 0.25) is 0 Å². The first-order chi connectivity index (χ1) is 15.6. The molecule has 8 nitrogen and oxygen atoms in total. The van der Waals surface area contributed by atoms with Gasteiger partial charge in [-0.1, -0.05) is 17.3 Å². The summed E-state index contributed by atoms with van der Waals surface area (Å²) < 4.78 is 15.8. The smallest absolute Gasteiger partial charge is 0.298 e. The maximum Gasteiger partial charge on any atom is 0.298 e. The first kappa shape index (κ1) is 20.0. The largest absolute Gasteiger partial charge is 0.335 e. The van der Waals surface area contributed by atoms with Gasteiger partial charge in [-0.15, -0.1) is 10.2 Å². The maximum absolute atomic E-state index is 14.3. The molecule has 32 heavy (non-hydrogen) atoms. The predicted molar refractivity (Wildman–Crippen MR) is 118 cm³/mol. The third kappa shape index (κ3) is 4.14. The van der Waals surface area contributed by atoms with Gasteiger partial charge in [0.25, 0.3) is 5.56 Å². The second-order valence-corrected chi connectivity index (χ2v) is 8.03. The van der Waals surface area contributed by atoms with Gasteiger partial charge in [0.15, 0.2) is 11.6 Å². The van der Waals surface area contributed by atoms with Crippen molar-refractivity contribution >= 4 is 11.5 Å². The van der Waals surface area contributed by atoms with E-state index >= 15 is 0 Å². The third-order valence-electron chi connectivity index (χ3n) is 5.70. The molecule has 4 aromatic rings. The summed E-state index contributed by atoms with van der Waals surface area (Å²) in [7, 11) is 0. The average Bonchev–Trinajstić information content (AvgIpc) is 3.50. The lowest BCUT2D eigenvalue weighted by molar-refractivity contribution is 0.610. The minimum atomic E-state index is -0.274. The summed E-state index contributed by atoms with van der Waals surface area (Å²) in [6, 6.07) is 11.1. The summed E-state index contributed by atoms with van der Waals surface area (Å²) >= 11 is 0. The number of benzene rings is 2. The van der Waals surface area contributed by atoms with Gasteiger partial charge in [0.1, 0.15) is 5.82 Å². The molecule has 0 atom stereocenters. The zero-order valence-electron chi connectivity index (χ0n) is 17.5. The van der Waals surface area contributed by atoms with E-state index in [1.165, 1.54) is 6.07 Å². The van der Waals surface area contributed by atoms with Crippen LogP contribution in [-0.2, 0) is 12.8 Å². The van der Waals surface area contributed by atoms with Gasteiger partial charge < -0.3 is 5.32 Å². The number of tetrazole rings is 1. The van der Waals surface area contributed by atoms with Gasteiger partial charge in [-0.25, -0.2) is 9.37 Å². The number of rotatable bonds is 7. The van der Waals surface area contributed by atoms with E-state index in [0.717, 1.165) is 36.1 Å². The molecule has 9 heteroatoms. The van der Waals surface area contributed by atoms with Crippen molar-refractivity contribution in [1.29, 1.82) is 0 Å². The Bertz CT molecular complexity index is 1300. The molecule has 0 unspecified atom stereocenters. The number of nitrogens with one attached hydrogen (secondary N) is 2. The third-order valence-corrected chi connectivity index (χ3v) is 5.70. The van der Waals surface area contributed by atoms with E-state index < -0.39 is 0 Å². The highest BCUT2D eigenvalue weighted by atomic mass is 19.1. The van der Waals surface area contributed by atoms with Crippen molar-refractivity contribution in [2.45, 2.75) is 38.5 Å². The van der Waals surface area contributed by atoms with Gasteiger partial charge in [-0.2, -0.15) is 5.21 Å². The summed E-state index contributed by atoms with van der Waals surface area (Å²) in [5.41, 5.74) is 3.70. The SMILES string of the molecule is Cc1cc(F)c(C2CC2)cc1Nc1nccn(-c2ccc(CCc3nn[nH]n3)cc2)c1=O. The van der Waals surface area contributed by atoms with Crippen molar-refractivity contribution in [2.75, 3.05) is 5.32 Å². The number of nitrogens with zero attached hydrogens (tertiary/aromatic N) is 5. The van der Waals surface area contributed by atoms with Crippen LogP contribution in [0.25, 0.3) is 5.69 Å². The minimum absolute atomic E-state index is 0.187. The molecule has 0 bridgehead atoms. The van der Waals surface area contributed by atoms with Crippen LogP contribution in [0.15, 0.2) is 53.6 Å². The van der Waals surface area contributed by atoms with Crippen molar-refractivity contribution in [2.24, 2.45) is 0 Å². The van der Waals surface area contributed by atoms with Crippen LogP contribution in [0.4, 0.5) is 15.9 Å². The van der Waals surface area contributed by atoms with Gasteiger partial charge >= 0.3 is 0 Å². The van der Waals surface area contributed by atoms with Crippen LogP contribution in [0.1, 0.15) is 41.3 Å². The van der Waals surface area contributed by atoms with Gasteiger partial charge in [-0.05, 0) is 73.1 Å². The van der Waals surface area contributed by atoms with E-state index in [-0.39, 0.29) is 23.1 Å². The Morgan fingerprint density at radius 2 is 2.00 bits per heavy atom. The van der Waals surface area contributed by atoms with Gasteiger partial charge in [0, 0.05) is 30.2 Å². The van der Waals surface area contributed by atoms with Crippen molar-refractivity contribution in [3.63, 3.8) is 0 Å². The summed E-state index contributed by atoms with van der Waals surface area (Å²) in [6.45, 7) is 1.82. The molecular formula is C23H22FN7O. The highest BCUT2D eigenvalue weighted by Crippen LogP contribution is 2.42. The molecule has 2 aromatic carbocycles. The topological polar surface area (TPSA) is 101 Å².